The average molecular weight is 336 g/mol. The Labute approximate surface area is 122 Å². The Kier molecular flexibility index (Phi) is 4.01. The third kappa shape index (κ3) is 2.78. The van der Waals surface area contributed by atoms with Crippen LogP contribution in [0.4, 0.5) is 4.39 Å². The van der Waals surface area contributed by atoms with Crippen LogP contribution in [0.2, 0.25) is 0 Å². The van der Waals surface area contributed by atoms with Gasteiger partial charge >= 0.3 is 5.97 Å². The van der Waals surface area contributed by atoms with Crippen molar-refractivity contribution in [3.63, 3.8) is 0 Å². The molecule has 20 heavy (non-hydrogen) atoms. The number of aromatic carboxylic acids is 1. The minimum absolute atomic E-state index is 0.0222. The highest BCUT2D eigenvalue weighted by molar-refractivity contribution is 9.10. The van der Waals surface area contributed by atoms with Gasteiger partial charge in [0.2, 0.25) is 0 Å². The lowest BCUT2D eigenvalue weighted by Gasteiger charge is -2.10. The molecule has 0 radical (unpaired) electrons. The Morgan fingerprint density at radius 3 is 2.70 bits per heavy atom. The van der Waals surface area contributed by atoms with E-state index in [9.17, 15) is 9.18 Å². The molecule has 4 nitrogen and oxygen atoms in total. The van der Waals surface area contributed by atoms with Crippen molar-refractivity contribution in [1.82, 2.24) is 0 Å². The maximum atomic E-state index is 13.5. The summed E-state index contributed by atoms with van der Waals surface area (Å²) in [6, 6.07) is 9.94. The second-order valence-corrected chi connectivity index (χ2v) is 4.69. The molecule has 0 spiro atoms. The fourth-order valence-electron chi connectivity index (χ4n) is 1.57. The molecule has 6 heteroatoms. The first-order valence-corrected chi connectivity index (χ1v) is 6.21. The third-order valence-electron chi connectivity index (χ3n) is 2.48. The summed E-state index contributed by atoms with van der Waals surface area (Å²) in [6.07, 6.45) is 0. The Morgan fingerprint density at radius 1 is 1.30 bits per heavy atom. The van der Waals surface area contributed by atoms with Gasteiger partial charge in [-0.25, -0.2) is 9.18 Å². The van der Waals surface area contributed by atoms with Gasteiger partial charge in [-0.05, 0) is 30.3 Å². The van der Waals surface area contributed by atoms with Crippen molar-refractivity contribution in [3.05, 3.63) is 57.8 Å². The highest BCUT2D eigenvalue weighted by Gasteiger charge is 2.15. The molecule has 0 aliphatic heterocycles. The van der Waals surface area contributed by atoms with Crippen molar-refractivity contribution in [1.29, 1.82) is 5.26 Å². The van der Waals surface area contributed by atoms with Crippen molar-refractivity contribution in [2.24, 2.45) is 0 Å². The van der Waals surface area contributed by atoms with E-state index >= 15 is 0 Å². The molecule has 0 heterocycles. The maximum absolute atomic E-state index is 13.5. The molecule has 2 rings (SSSR count). The van der Waals surface area contributed by atoms with Gasteiger partial charge in [0.25, 0.3) is 0 Å². The first kappa shape index (κ1) is 14.0. The van der Waals surface area contributed by atoms with Crippen LogP contribution < -0.4 is 4.74 Å². The number of carboxylic acid groups (broad SMARTS) is 1. The van der Waals surface area contributed by atoms with E-state index in [1.165, 1.54) is 24.3 Å². The van der Waals surface area contributed by atoms with Crippen molar-refractivity contribution in [2.45, 2.75) is 0 Å². The lowest BCUT2D eigenvalue weighted by atomic mass is 10.2. The zero-order valence-corrected chi connectivity index (χ0v) is 11.5. The second-order valence-electron chi connectivity index (χ2n) is 3.77. The van der Waals surface area contributed by atoms with Crippen LogP contribution >= 0.6 is 15.9 Å². The van der Waals surface area contributed by atoms with Crippen LogP contribution in [0.5, 0.6) is 11.5 Å². The van der Waals surface area contributed by atoms with Crippen LogP contribution in [0.3, 0.4) is 0 Å². The molecule has 2 aromatic carbocycles. The highest BCUT2D eigenvalue weighted by Crippen LogP contribution is 2.31. The minimum Gasteiger partial charge on any atom is -0.478 e. The first-order chi connectivity index (χ1) is 9.52. The number of rotatable bonds is 3. The largest absolute Gasteiger partial charge is 0.478 e. The summed E-state index contributed by atoms with van der Waals surface area (Å²) in [5, 5.41) is 18.0. The zero-order valence-electron chi connectivity index (χ0n) is 9.93. The van der Waals surface area contributed by atoms with E-state index < -0.39 is 11.8 Å². The number of benzene rings is 2. The molecule has 0 bridgehead atoms. The molecule has 0 aliphatic rings. The molecule has 0 amide bonds. The topological polar surface area (TPSA) is 70.3 Å². The molecule has 0 saturated carbocycles. The summed E-state index contributed by atoms with van der Waals surface area (Å²) < 4.78 is 19.4. The zero-order chi connectivity index (χ0) is 14.7. The third-order valence-corrected chi connectivity index (χ3v) is 2.97. The van der Waals surface area contributed by atoms with Crippen molar-refractivity contribution >= 4 is 21.9 Å². The number of nitriles is 1. The molecule has 0 aliphatic carbocycles. The van der Waals surface area contributed by atoms with Gasteiger partial charge in [0, 0.05) is 4.47 Å². The number of halogens is 2. The van der Waals surface area contributed by atoms with Crippen molar-refractivity contribution < 1.29 is 19.0 Å². The SMILES string of the molecule is N#Cc1c(F)cccc1Oc1cc(Br)ccc1C(=O)O. The van der Waals surface area contributed by atoms with Gasteiger partial charge in [0.15, 0.2) is 0 Å². The maximum Gasteiger partial charge on any atom is 0.339 e. The first-order valence-electron chi connectivity index (χ1n) is 5.42. The molecular weight excluding hydrogens is 329 g/mol. The van der Waals surface area contributed by atoms with Gasteiger partial charge in [-0.1, -0.05) is 22.0 Å². The van der Waals surface area contributed by atoms with E-state index in [1.54, 1.807) is 12.1 Å². The van der Waals surface area contributed by atoms with Gasteiger partial charge in [-0.15, -0.1) is 0 Å². The average Bonchev–Trinajstić information content (AvgIpc) is 2.38. The van der Waals surface area contributed by atoms with E-state index in [0.29, 0.717) is 4.47 Å². The molecule has 1 N–H and O–H groups in total. The Hall–Kier alpha value is -2.39. The van der Waals surface area contributed by atoms with E-state index in [1.807, 2.05) is 0 Å². The fraction of sp³-hybridized carbons (Fsp3) is 0. The molecule has 2 aromatic rings. The number of nitrogens with zero attached hydrogens (tertiary/aromatic N) is 1. The smallest absolute Gasteiger partial charge is 0.339 e. The summed E-state index contributed by atoms with van der Waals surface area (Å²) in [4.78, 5) is 11.1. The number of carboxylic acids is 1. The van der Waals surface area contributed by atoms with E-state index in [-0.39, 0.29) is 22.6 Å². The van der Waals surface area contributed by atoms with Gasteiger partial charge < -0.3 is 9.84 Å². The molecule has 0 atom stereocenters. The van der Waals surface area contributed by atoms with Crippen molar-refractivity contribution in [2.75, 3.05) is 0 Å². The van der Waals surface area contributed by atoms with Gasteiger partial charge in [-0.3, -0.25) is 0 Å². The monoisotopic (exact) mass is 335 g/mol. The minimum atomic E-state index is -1.18. The normalized spacial score (nSPS) is 9.85. The van der Waals surface area contributed by atoms with E-state index in [0.717, 1.165) is 6.07 Å². The number of hydrogen-bond acceptors (Lipinski definition) is 3. The Bertz CT molecular complexity index is 725. The van der Waals surface area contributed by atoms with Crippen LogP contribution in [0.15, 0.2) is 40.9 Å². The van der Waals surface area contributed by atoms with Crippen LogP contribution in [0.25, 0.3) is 0 Å². The van der Waals surface area contributed by atoms with E-state index in [4.69, 9.17) is 15.1 Å². The van der Waals surface area contributed by atoms with Gasteiger partial charge in [0.05, 0.1) is 0 Å². The van der Waals surface area contributed by atoms with Gasteiger partial charge in [-0.2, -0.15) is 5.26 Å². The summed E-state index contributed by atoms with van der Waals surface area (Å²) in [7, 11) is 0. The molecule has 100 valence electrons. The van der Waals surface area contributed by atoms with Crippen LogP contribution in [0, 0.1) is 17.1 Å². The Balaban J connectivity index is 2.51. The predicted molar refractivity (Wildman–Crippen MR) is 72.3 cm³/mol. The quantitative estimate of drug-likeness (QED) is 0.921. The molecule has 0 fully saturated rings. The standard InChI is InChI=1S/C14H7BrFNO3/c15-8-4-5-9(14(18)19)13(6-8)20-12-3-1-2-11(16)10(12)7-17/h1-6H,(H,18,19). The summed E-state index contributed by atoms with van der Waals surface area (Å²) >= 11 is 3.20. The molecule has 0 aromatic heterocycles. The summed E-state index contributed by atoms with van der Waals surface area (Å²) in [5.74, 6) is -1.92. The molecule has 0 saturated heterocycles. The number of carbonyl (C=O) groups is 1. The molecule has 0 unspecified atom stereocenters. The Morgan fingerprint density at radius 2 is 2.05 bits per heavy atom. The number of ether oxygens (including phenoxy) is 1. The summed E-state index contributed by atoms with van der Waals surface area (Å²) in [5.41, 5.74) is -0.356. The fourth-order valence-corrected chi connectivity index (χ4v) is 1.91. The summed E-state index contributed by atoms with van der Waals surface area (Å²) in [6.45, 7) is 0. The predicted octanol–water partition coefficient (Wildman–Crippen LogP) is 3.95. The van der Waals surface area contributed by atoms with Gasteiger partial charge in [0.1, 0.15) is 34.5 Å². The van der Waals surface area contributed by atoms with E-state index in [2.05, 4.69) is 15.9 Å². The van der Waals surface area contributed by atoms with Crippen molar-refractivity contribution in [3.8, 4) is 17.6 Å². The second kappa shape index (κ2) is 5.72. The van der Waals surface area contributed by atoms with Crippen LogP contribution in [0.1, 0.15) is 15.9 Å². The number of hydrogen-bond donors (Lipinski definition) is 1. The van der Waals surface area contributed by atoms with Crippen LogP contribution in [-0.2, 0) is 0 Å². The van der Waals surface area contributed by atoms with Crippen LogP contribution in [-0.4, -0.2) is 11.1 Å². The molecular formula is C14H7BrFNO3. The lowest BCUT2D eigenvalue weighted by Crippen LogP contribution is -2.01. The highest BCUT2D eigenvalue weighted by atomic mass is 79.9. The lowest BCUT2D eigenvalue weighted by molar-refractivity contribution is 0.0694.